The van der Waals surface area contributed by atoms with Crippen LogP contribution >= 0.6 is 0 Å². The third kappa shape index (κ3) is 1.84. The molecule has 0 saturated heterocycles. The van der Waals surface area contributed by atoms with Crippen molar-refractivity contribution in [2.75, 3.05) is 0 Å². The summed E-state index contributed by atoms with van der Waals surface area (Å²) in [5.41, 5.74) is -0.105. The van der Waals surface area contributed by atoms with E-state index in [1.165, 1.54) is 6.42 Å². The number of Topliss-reactive ketones (excluding diaryl/α,β-unsaturated/α-hetero) is 1. The van der Waals surface area contributed by atoms with E-state index in [1.807, 2.05) is 0 Å². The smallest absolute Gasteiger partial charge is 0.139 e. The van der Waals surface area contributed by atoms with Crippen LogP contribution < -0.4 is 0 Å². The van der Waals surface area contributed by atoms with Gasteiger partial charge in [-0.15, -0.1) is 0 Å². The maximum atomic E-state index is 12.4. The van der Waals surface area contributed by atoms with Crippen molar-refractivity contribution in [3.05, 3.63) is 0 Å². The van der Waals surface area contributed by atoms with Gasteiger partial charge in [-0.05, 0) is 74.0 Å². The Labute approximate surface area is 133 Å². The van der Waals surface area contributed by atoms with Crippen molar-refractivity contribution in [1.29, 1.82) is 0 Å². The predicted octanol–water partition coefficient (Wildman–Crippen LogP) is 2.93. The van der Waals surface area contributed by atoms with Crippen molar-refractivity contribution in [1.82, 2.24) is 0 Å². The number of fused-ring (bicyclic) bond motifs is 5. The largest absolute Gasteiger partial charge is 0.393 e. The Morgan fingerprint density at radius 1 is 1.09 bits per heavy atom. The number of carbonyl (C=O) groups is 1. The van der Waals surface area contributed by atoms with Gasteiger partial charge >= 0.3 is 0 Å². The standard InChI is InChI=1S/C19H30O3/c1-18-8-7-12(20)9-11(18)3-4-13-14-5-6-16(22)19(14,2)10-15(21)17(13)18/h11-15,17,20-21H,3-10H2,1-2H3/t11-,12+,13+,14-,15+,17+,18+,19+/m1/s1. The molecule has 0 heterocycles. The molecule has 8 atom stereocenters. The van der Waals surface area contributed by atoms with E-state index >= 15 is 0 Å². The first kappa shape index (κ1) is 15.1. The number of aliphatic hydroxyl groups is 2. The van der Waals surface area contributed by atoms with Crippen LogP contribution in [0.2, 0.25) is 0 Å². The molecule has 0 aromatic heterocycles. The molecule has 4 fully saturated rings. The average Bonchev–Trinajstić information content (AvgIpc) is 2.75. The van der Waals surface area contributed by atoms with Gasteiger partial charge in [0.05, 0.1) is 12.2 Å². The van der Waals surface area contributed by atoms with Gasteiger partial charge in [-0.2, -0.15) is 0 Å². The van der Waals surface area contributed by atoms with Gasteiger partial charge in [0.25, 0.3) is 0 Å². The summed E-state index contributed by atoms with van der Waals surface area (Å²) in [5, 5.41) is 21.0. The summed E-state index contributed by atoms with van der Waals surface area (Å²) in [4.78, 5) is 12.4. The van der Waals surface area contributed by atoms with Crippen LogP contribution in [0.5, 0.6) is 0 Å². The molecule has 0 bridgehead atoms. The Hall–Kier alpha value is -0.410. The maximum absolute atomic E-state index is 12.4. The highest BCUT2D eigenvalue weighted by Gasteiger charge is 2.63. The molecule has 0 radical (unpaired) electrons. The van der Waals surface area contributed by atoms with E-state index in [-0.39, 0.29) is 23.0 Å². The van der Waals surface area contributed by atoms with Crippen molar-refractivity contribution >= 4 is 5.78 Å². The fourth-order valence-corrected chi connectivity index (χ4v) is 7.13. The number of aliphatic hydroxyl groups excluding tert-OH is 2. The zero-order chi connectivity index (χ0) is 15.7. The second kappa shape index (κ2) is 4.80. The predicted molar refractivity (Wildman–Crippen MR) is 84.1 cm³/mol. The van der Waals surface area contributed by atoms with Crippen LogP contribution in [-0.4, -0.2) is 28.2 Å². The SMILES string of the molecule is C[C@]12CC[C@H](O)C[C@H]1CC[C@@H]1[C@H]2[C@@H](O)C[C@]2(C)C(=O)CC[C@H]12. The van der Waals surface area contributed by atoms with E-state index in [1.54, 1.807) is 0 Å². The summed E-state index contributed by atoms with van der Waals surface area (Å²) in [5.74, 6) is 2.27. The van der Waals surface area contributed by atoms with E-state index in [0.29, 0.717) is 35.9 Å². The number of carbonyl (C=O) groups excluding carboxylic acids is 1. The molecular formula is C19H30O3. The van der Waals surface area contributed by atoms with Crippen LogP contribution in [0.25, 0.3) is 0 Å². The van der Waals surface area contributed by atoms with Crippen LogP contribution in [0.3, 0.4) is 0 Å². The first-order valence-corrected chi connectivity index (χ1v) is 9.25. The van der Waals surface area contributed by atoms with Gasteiger partial charge in [0.2, 0.25) is 0 Å². The van der Waals surface area contributed by atoms with E-state index in [4.69, 9.17) is 0 Å². The number of hydrogen-bond acceptors (Lipinski definition) is 3. The Kier molecular flexibility index (Phi) is 3.30. The molecule has 0 aromatic rings. The van der Waals surface area contributed by atoms with Crippen LogP contribution in [0.4, 0.5) is 0 Å². The van der Waals surface area contributed by atoms with Crippen LogP contribution in [0.15, 0.2) is 0 Å². The second-order valence-corrected chi connectivity index (χ2v) is 9.16. The molecule has 3 heteroatoms. The molecule has 124 valence electrons. The summed E-state index contributed by atoms with van der Waals surface area (Å²) in [6.45, 7) is 4.48. The monoisotopic (exact) mass is 306 g/mol. The van der Waals surface area contributed by atoms with Gasteiger partial charge in [0.1, 0.15) is 5.78 Å². The summed E-state index contributed by atoms with van der Waals surface area (Å²) in [6.07, 6.45) is 7.08. The van der Waals surface area contributed by atoms with Crippen molar-refractivity contribution in [3.63, 3.8) is 0 Å². The summed E-state index contributed by atoms with van der Waals surface area (Å²) in [6, 6.07) is 0. The Bertz CT molecular complexity index is 489. The van der Waals surface area contributed by atoms with Crippen LogP contribution in [0, 0.1) is 34.5 Å². The summed E-state index contributed by atoms with van der Waals surface area (Å²) >= 11 is 0. The third-order valence-corrected chi connectivity index (χ3v) is 8.28. The molecule has 0 unspecified atom stereocenters. The topological polar surface area (TPSA) is 57.5 Å². The lowest BCUT2D eigenvalue weighted by Gasteiger charge is -2.61. The molecular weight excluding hydrogens is 276 g/mol. The molecule has 0 aliphatic heterocycles. The van der Waals surface area contributed by atoms with Crippen molar-refractivity contribution in [2.24, 2.45) is 34.5 Å². The molecule has 0 spiro atoms. The molecule has 0 amide bonds. The number of ketones is 1. The van der Waals surface area contributed by atoms with E-state index < -0.39 is 0 Å². The lowest BCUT2D eigenvalue weighted by Crippen LogP contribution is -2.59. The van der Waals surface area contributed by atoms with Crippen molar-refractivity contribution in [2.45, 2.75) is 77.4 Å². The zero-order valence-electron chi connectivity index (χ0n) is 13.9. The van der Waals surface area contributed by atoms with E-state index in [2.05, 4.69) is 13.8 Å². The van der Waals surface area contributed by atoms with E-state index in [0.717, 1.165) is 38.5 Å². The molecule has 4 saturated carbocycles. The van der Waals surface area contributed by atoms with Crippen molar-refractivity contribution in [3.8, 4) is 0 Å². The molecule has 0 aromatic carbocycles. The van der Waals surface area contributed by atoms with Crippen LogP contribution in [0.1, 0.15) is 65.2 Å². The molecule has 2 N–H and O–H groups in total. The fraction of sp³-hybridized carbons (Fsp3) is 0.947. The van der Waals surface area contributed by atoms with Crippen molar-refractivity contribution < 1.29 is 15.0 Å². The second-order valence-electron chi connectivity index (χ2n) is 9.16. The third-order valence-electron chi connectivity index (χ3n) is 8.28. The number of rotatable bonds is 0. The van der Waals surface area contributed by atoms with Gasteiger partial charge in [-0.25, -0.2) is 0 Å². The lowest BCUT2D eigenvalue weighted by atomic mass is 9.44. The fourth-order valence-electron chi connectivity index (χ4n) is 7.13. The molecule has 3 nitrogen and oxygen atoms in total. The van der Waals surface area contributed by atoms with Gasteiger partial charge in [-0.3, -0.25) is 4.79 Å². The summed E-state index contributed by atoms with van der Waals surface area (Å²) < 4.78 is 0. The highest BCUT2D eigenvalue weighted by Crippen LogP contribution is 2.65. The zero-order valence-corrected chi connectivity index (χ0v) is 13.9. The minimum absolute atomic E-state index is 0.145. The molecule has 4 aliphatic rings. The molecule has 4 rings (SSSR count). The first-order chi connectivity index (χ1) is 10.4. The Morgan fingerprint density at radius 3 is 2.64 bits per heavy atom. The molecule has 4 aliphatic carbocycles. The highest BCUT2D eigenvalue weighted by atomic mass is 16.3. The van der Waals surface area contributed by atoms with Gasteiger partial charge < -0.3 is 10.2 Å². The maximum Gasteiger partial charge on any atom is 0.139 e. The number of hydrogen-bond donors (Lipinski definition) is 2. The normalized spacial score (nSPS) is 57.9. The Morgan fingerprint density at radius 2 is 1.86 bits per heavy atom. The minimum atomic E-state index is -0.337. The molecule has 22 heavy (non-hydrogen) atoms. The summed E-state index contributed by atoms with van der Waals surface area (Å²) in [7, 11) is 0. The van der Waals surface area contributed by atoms with Gasteiger partial charge in [0.15, 0.2) is 0 Å². The van der Waals surface area contributed by atoms with Gasteiger partial charge in [0, 0.05) is 11.8 Å². The average molecular weight is 306 g/mol. The van der Waals surface area contributed by atoms with Crippen LogP contribution in [-0.2, 0) is 4.79 Å². The highest BCUT2D eigenvalue weighted by molar-refractivity contribution is 5.87. The Balaban J connectivity index is 1.69. The lowest BCUT2D eigenvalue weighted by molar-refractivity contribution is -0.175. The quantitative estimate of drug-likeness (QED) is 0.723. The van der Waals surface area contributed by atoms with Gasteiger partial charge in [-0.1, -0.05) is 13.8 Å². The minimum Gasteiger partial charge on any atom is -0.393 e. The first-order valence-electron chi connectivity index (χ1n) is 9.25. The van der Waals surface area contributed by atoms with E-state index in [9.17, 15) is 15.0 Å².